The van der Waals surface area contributed by atoms with Crippen molar-refractivity contribution in [2.24, 2.45) is 0 Å². The molecule has 1 aromatic heterocycles. The van der Waals surface area contributed by atoms with E-state index in [0.29, 0.717) is 25.0 Å². The van der Waals surface area contributed by atoms with Crippen molar-refractivity contribution in [2.75, 3.05) is 50.6 Å². The topological polar surface area (TPSA) is 80.8 Å². The van der Waals surface area contributed by atoms with Crippen LogP contribution in [0.1, 0.15) is 19.4 Å². The van der Waals surface area contributed by atoms with Crippen LogP contribution in [-0.4, -0.2) is 54.8 Å². The van der Waals surface area contributed by atoms with Crippen molar-refractivity contribution in [3.8, 4) is 28.4 Å². The summed E-state index contributed by atoms with van der Waals surface area (Å²) < 4.78 is 17.3. The molecule has 4 aromatic rings. The van der Waals surface area contributed by atoms with Gasteiger partial charge in [-0.05, 0) is 66.7 Å². The van der Waals surface area contributed by atoms with Gasteiger partial charge >= 0.3 is 0 Å². The molecule has 39 heavy (non-hydrogen) atoms. The standard InChI is InChI=1S/C31H35N5O3/c1-4-36(5-2)17-19-38-25-14-12-24(13-15-25)33-31-32-21-26(23-11-10-22-16-18-39-29(22)20-23)30(35-31)34-27-8-6-7-9-28(27)37-3/h6-15,20-21H,4-5,16-19H2,1-3H3,(H2,32,33,34,35). The Kier molecular flexibility index (Phi) is 8.43. The molecule has 0 atom stereocenters. The Labute approximate surface area is 230 Å². The molecule has 1 aliphatic rings. The Morgan fingerprint density at radius 2 is 1.79 bits per heavy atom. The molecular weight excluding hydrogens is 490 g/mol. The third-order valence-corrected chi connectivity index (χ3v) is 6.84. The van der Waals surface area contributed by atoms with Crippen LogP contribution in [0.15, 0.2) is 72.9 Å². The molecule has 0 radical (unpaired) electrons. The van der Waals surface area contributed by atoms with E-state index in [1.807, 2.05) is 54.7 Å². The van der Waals surface area contributed by atoms with Gasteiger partial charge in [-0.3, -0.25) is 0 Å². The molecule has 0 spiro atoms. The third kappa shape index (κ3) is 6.41. The molecule has 0 fully saturated rings. The van der Waals surface area contributed by atoms with Crippen molar-refractivity contribution >= 4 is 23.1 Å². The first-order valence-electron chi connectivity index (χ1n) is 13.4. The van der Waals surface area contributed by atoms with Crippen LogP contribution in [0.4, 0.5) is 23.1 Å². The van der Waals surface area contributed by atoms with Crippen molar-refractivity contribution in [3.05, 3.63) is 78.5 Å². The molecule has 8 heteroatoms. The summed E-state index contributed by atoms with van der Waals surface area (Å²) in [6.07, 6.45) is 2.76. The van der Waals surface area contributed by atoms with E-state index in [4.69, 9.17) is 19.2 Å². The molecule has 0 aliphatic carbocycles. The van der Waals surface area contributed by atoms with Crippen LogP contribution in [0.25, 0.3) is 11.1 Å². The average Bonchev–Trinajstić information content (AvgIpc) is 3.45. The number of benzene rings is 3. The molecule has 0 amide bonds. The summed E-state index contributed by atoms with van der Waals surface area (Å²) in [4.78, 5) is 11.8. The summed E-state index contributed by atoms with van der Waals surface area (Å²) in [6, 6.07) is 21.9. The van der Waals surface area contributed by atoms with Gasteiger partial charge in [0, 0.05) is 30.4 Å². The fraction of sp³-hybridized carbons (Fsp3) is 0.290. The van der Waals surface area contributed by atoms with Crippen molar-refractivity contribution in [2.45, 2.75) is 20.3 Å². The number of likely N-dealkylation sites (N-methyl/N-ethyl adjacent to an activating group) is 1. The van der Waals surface area contributed by atoms with Gasteiger partial charge in [0.25, 0.3) is 0 Å². The molecule has 0 saturated heterocycles. The highest BCUT2D eigenvalue weighted by molar-refractivity contribution is 5.81. The fourth-order valence-corrected chi connectivity index (χ4v) is 4.55. The second-order valence-corrected chi connectivity index (χ2v) is 9.23. The van der Waals surface area contributed by atoms with Crippen LogP contribution >= 0.6 is 0 Å². The Balaban J connectivity index is 1.37. The quantitative estimate of drug-likeness (QED) is 0.223. The number of nitrogens with zero attached hydrogens (tertiary/aromatic N) is 3. The van der Waals surface area contributed by atoms with E-state index in [1.54, 1.807) is 7.11 Å². The second-order valence-electron chi connectivity index (χ2n) is 9.23. The zero-order valence-corrected chi connectivity index (χ0v) is 22.7. The van der Waals surface area contributed by atoms with Crippen molar-refractivity contribution in [1.82, 2.24) is 14.9 Å². The summed E-state index contributed by atoms with van der Waals surface area (Å²) in [6.45, 7) is 8.65. The van der Waals surface area contributed by atoms with Gasteiger partial charge in [-0.25, -0.2) is 4.98 Å². The monoisotopic (exact) mass is 525 g/mol. The maximum absolute atomic E-state index is 5.92. The molecule has 3 aromatic carbocycles. The Hall–Kier alpha value is -4.30. The van der Waals surface area contributed by atoms with E-state index in [9.17, 15) is 0 Å². The molecule has 202 valence electrons. The minimum Gasteiger partial charge on any atom is -0.495 e. The van der Waals surface area contributed by atoms with Crippen molar-refractivity contribution < 1.29 is 14.2 Å². The zero-order valence-electron chi connectivity index (χ0n) is 22.7. The van der Waals surface area contributed by atoms with E-state index in [0.717, 1.165) is 65.8 Å². The van der Waals surface area contributed by atoms with Crippen LogP contribution in [0.5, 0.6) is 17.2 Å². The highest BCUT2D eigenvalue weighted by Crippen LogP contribution is 2.36. The maximum atomic E-state index is 5.92. The van der Waals surface area contributed by atoms with E-state index < -0.39 is 0 Å². The van der Waals surface area contributed by atoms with Gasteiger partial charge < -0.3 is 29.7 Å². The highest BCUT2D eigenvalue weighted by atomic mass is 16.5. The number of fused-ring (bicyclic) bond motifs is 1. The van der Waals surface area contributed by atoms with Crippen LogP contribution < -0.4 is 24.8 Å². The van der Waals surface area contributed by atoms with E-state index in [2.05, 4.69) is 52.6 Å². The minimum atomic E-state index is 0.476. The van der Waals surface area contributed by atoms with Gasteiger partial charge in [-0.2, -0.15) is 4.98 Å². The predicted octanol–water partition coefficient (Wildman–Crippen LogP) is 6.29. The lowest BCUT2D eigenvalue weighted by Gasteiger charge is -2.18. The number of nitrogens with one attached hydrogen (secondary N) is 2. The number of para-hydroxylation sites is 2. The molecule has 2 heterocycles. The van der Waals surface area contributed by atoms with E-state index in [1.165, 1.54) is 5.56 Å². The number of hydrogen-bond acceptors (Lipinski definition) is 8. The molecule has 0 unspecified atom stereocenters. The Morgan fingerprint density at radius 3 is 2.59 bits per heavy atom. The molecule has 0 bridgehead atoms. The lowest BCUT2D eigenvalue weighted by Crippen LogP contribution is -2.27. The first-order chi connectivity index (χ1) is 19.2. The van der Waals surface area contributed by atoms with Gasteiger partial charge in [0.05, 0.1) is 19.4 Å². The van der Waals surface area contributed by atoms with E-state index in [-0.39, 0.29) is 0 Å². The Bertz CT molecular complexity index is 1390. The lowest BCUT2D eigenvalue weighted by molar-refractivity contribution is 0.223. The number of rotatable bonds is 12. The van der Waals surface area contributed by atoms with Crippen LogP contribution in [0.3, 0.4) is 0 Å². The summed E-state index contributed by atoms with van der Waals surface area (Å²) in [5, 5.41) is 6.77. The van der Waals surface area contributed by atoms with Crippen molar-refractivity contribution in [1.29, 1.82) is 0 Å². The number of aromatic nitrogens is 2. The molecule has 8 nitrogen and oxygen atoms in total. The molecular formula is C31H35N5O3. The molecule has 5 rings (SSSR count). The second kappa shape index (κ2) is 12.5. The lowest BCUT2D eigenvalue weighted by atomic mass is 10.0. The number of ether oxygens (including phenoxy) is 3. The average molecular weight is 526 g/mol. The first-order valence-corrected chi connectivity index (χ1v) is 13.4. The minimum absolute atomic E-state index is 0.476. The van der Waals surface area contributed by atoms with Gasteiger partial charge in [0.15, 0.2) is 0 Å². The first kappa shape index (κ1) is 26.3. The maximum Gasteiger partial charge on any atom is 0.229 e. The smallest absolute Gasteiger partial charge is 0.229 e. The normalized spacial score (nSPS) is 12.1. The van der Waals surface area contributed by atoms with Gasteiger partial charge in [0.2, 0.25) is 5.95 Å². The van der Waals surface area contributed by atoms with Crippen LogP contribution in [-0.2, 0) is 6.42 Å². The SMILES string of the molecule is CCN(CC)CCOc1ccc(Nc2ncc(-c3ccc4c(c3)OCC4)c(Nc3ccccc3OC)n2)cc1. The summed E-state index contributed by atoms with van der Waals surface area (Å²) >= 11 is 0. The molecule has 2 N–H and O–H groups in total. The van der Waals surface area contributed by atoms with Gasteiger partial charge in [-0.15, -0.1) is 0 Å². The van der Waals surface area contributed by atoms with Gasteiger partial charge in [0.1, 0.15) is 29.7 Å². The van der Waals surface area contributed by atoms with E-state index >= 15 is 0 Å². The van der Waals surface area contributed by atoms with Crippen LogP contribution in [0, 0.1) is 0 Å². The summed E-state index contributed by atoms with van der Waals surface area (Å²) in [5.74, 6) is 3.61. The van der Waals surface area contributed by atoms with Crippen molar-refractivity contribution in [3.63, 3.8) is 0 Å². The van der Waals surface area contributed by atoms with Crippen LogP contribution in [0.2, 0.25) is 0 Å². The zero-order chi connectivity index (χ0) is 27.0. The summed E-state index contributed by atoms with van der Waals surface area (Å²) in [5.41, 5.74) is 4.74. The molecule has 1 aliphatic heterocycles. The van der Waals surface area contributed by atoms with Gasteiger partial charge in [-0.1, -0.05) is 38.1 Å². The fourth-order valence-electron chi connectivity index (χ4n) is 4.55. The third-order valence-electron chi connectivity index (χ3n) is 6.84. The largest absolute Gasteiger partial charge is 0.495 e. The highest BCUT2D eigenvalue weighted by Gasteiger charge is 2.17. The predicted molar refractivity (Wildman–Crippen MR) is 156 cm³/mol. The summed E-state index contributed by atoms with van der Waals surface area (Å²) in [7, 11) is 1.66. The number of anilines is 4. The Morgan fingerprint density at radius 1 is 0.974 bits per heavy atom. The number of methoxy groups -OCH3 is 1. The molecule has 0 saturated carbocycles. The number of hydrogen-bond donors (Lipinski definition) is 2.